The maximum Gasteiger partial charge on any atom is 0.302 e. The minimum atomic E-state index is -1.03. The van der Waals surface area contributed by atoms with Crippen molar-refractivity contribution in [3.05, 3.63) is 130 Å². The molecule has 1 fully saturated rings. The smallest absolute Gasteiger partial charge is 0.302 e. The number of halogens is 1. The lowest BCUT2D eigenvalue weighted by molar-refractivity contribution is -0.132. The summed E-state index contributed by atoms with van der Waals surface area (Å²) < 4.78 is 12.1. The monoisotopic (exact) mass is 629 g/mol. The van der Waals surface area contributed by atoms with Crippen LogP contribution in [0.4, 0.5) is 5.13 Å². The van der Waals surface area contributed by atoms with Gasteiger partial charge in [-0.15, -0.1) is 10.2 Å². The molecule has 11 heteroatoms. The Morgan fingerprint density at radius 1 is 1.05 bits per heavy atom. The van der Waals surface area contributed by atoms with E-state index in [0.717, 1.165) is 16.7 Å². The minimum absolute atomic E-state index is 0.103. The highest BCUT2D eigenvalue weighted by Crippen LogP contribution is 2.44. The molecule has 1 aliphatic heterocycles. The first-order valence-corrected chi connectivity index (χ1v) is 15.4. The third-order valence-corrected chi connectivity index (χ3v) is 9.26. The molecular weight excluding hydrogens is 606 g/mol. The molecule has 0 bridgehead atoms. The zero-order valence-corrected chi connectivity index (χ0v) is 25.2. The molecule has 0 radical (unpaired) electrons. The summed E-state index contributed by atoms with van der Waals surface area (Å²) in [6, 6.07) is 24.5. The zero-order valence-electron chi connectivity index (χ0n) is 22.8. The highest BCUT2D eigenvalue weighted by Gasteiger charge is 2.49. The standard InChI is InChI=1S/C32H24ClN3O5S2/c1-19-6-4-7-20(16-19)17-41-23-13-11-21(12-14-23)28(37)26-27(25-10-5-15-40-25)36(30(39)29(26)38)31-34-35-32(43-31)42-18-22-8-2-3-9-24(22)33/h2-16,27,37H,17-18H2,1H3. The third-order valence-electron chi connectivity index (χ3n) is 6.78. The van der Waals surface area contributed by atoms with E-state index in [1.165, 1.54) is 34.3 Å². The first-order chi connectivity index (χ1) is 20.9. The molecule has 216 valence electrons. The van der Waals surface area contributed by atoms with Crippen LogP contribution < -0.4 is 9.64 Å². The van der Waals surface area contributed by atoms with Gasteiger partial charge in [-0.2, -0.15) is 0 Å². The van der Waals surface area contributed by atoms with E-state index in [2.05, 4.69) is 10.2 Å². The van der Waals surface area contributed by atoms with Gasteiger partial charge in [0, 0.05) is 16.3 Å². The second kappa shape index (κ2) is 12.5. The molecule has 1 atom stereocenters. The average Bonchev–Trinajstić information content (AvgIpc) is 3.76. The van der Waals surface area contributed by atoms with Gasteiger partial charge in [-0.25, -0.2) is 0 Å². The number of anilines is 1. The number of aliphatic hydroxyl groups excluding tert-OH is 1. The summed E-state index contributed by atoms with van der Waals surface area (Å²) >= 11 is 8.86. The normalized spacial score (nSPS) is 16.1. The topological polar surface area (TPSA) is 106 Å². The first-order valence-electron chi connectivity index (χ1n) is 13.2. The van der Waals surface area contributed by atoms with Crippen molar-refractivity contribution in [1.29, 1.82) is 0 Å². The predicted molar refractivity (Wildman–Crippen MR) is 166 cm³/mol. The van der Waals surface area contributed by atoms with Crippen LogP contribution in [0.3, 0.4) is 0 Å². The van der Waals surface area contributed by atoms with Crippen LogP contribution in [0, 0.1) is 6.92 Å². The number of hydrogen-bond acceptors (Lipinski definition) is 9. The summed E-state index contributed by atoms with van der Waals surface area (Å²) in [5.41, 5.74) is 3.37. The van der Waals surface area contributed by atoms with Crippen LogP contribution in [0.2, 0.25) is 5.02 Å². The molecule has 0 saturated carbocycles. The van der Waals surface area contributed by atoms with Crippen LogP contribution in [0.1, 0.15) is 34.1 Å². The molecule has 3 heterocycles. The summed E-state index contributed by atoms with van der Waals surface area (Å²) in [6.07, 6.45) is 1.45. The minimum Gasteiger partial charge on any atom is -0.507 e. The lowest BCUT2D eigenvalue weighted by Crippen LogP contribution is -2.29. The molecule has 8 nitrogen and oxygen atoms in total. The maximum absolute atomic E-state index is 13.4. The van der Waals surface area contributed by atoms with Crippen LogP contribution in [0.15, 0.2) is 106 Å². The Bertz CT molecular complexity index is 1820. The second-order valence-corrected chi connectivity index (χ2v) is 12.3. The fraction of sp³-hybridized carbons (Fsp3) is 0.125. The number of Topliss-reactive ketones (excluding diaryl/α,β-unsaturated/α-hetero) is 1. The van der Waals surface area contributed by atoms with Crippen molar-refractivity contribution in [3.63, 3.8) is 0 Å². The lowest BCUT2D eigenvalue weighted by atomic mass is 9.99. The van der Waals surface area contributed by atoms with Gasteiger partial charge in [0.25, 0.3) is 5.78 Å². The van der Waals surface area contributed by atoms with Crippen molar-refractivity contribution in [2.24, 2.45) is 0 Å². The number of thioether (sulfide) groups is 1. The predicted octanol–water partition coefficient (Wildman–Crippen LogP) is 7.59. The van der Waals surface area contributed by atoms with Gasteiger partial charge >= 0.3 is 5.91 Å². The Labute approximate surface area is 260 Å². The number of nitrogens with zero attached hydrogens (tertiary/aromatic N) is 3. The van der Waals surface area contributed by atoms with Gasteiger partial charge in [-0.3, -0.25) is 14.5 Å². The molecule has 5 aromatic rings. The zero-order chi connectivity index (χ0) is 29.9. The summed E-state index contributed by atoms with van der Waals surface area (Å²) in [6.45, 7) is 2.41. The number of hydrogen-bond donors (Lipinski definition) is 1. The molecule has 43 heavy (non-hydrogen) atoms. The van der Waals surface area contributed by atoms with Gasteiger partial charge in [0.05, 0.1) is 11.8 Å². The molecule has 0 aliphatic carbocycles. The van der Waals surface area contributed by atoms with E-state index in [1.54, 1.807) is 36.4 Å². The van der Waals surface area contributed by atoms with Gasteiger partial charge in [-0.05, 0) is 60.5 Å². The molecule has 1 N–H and O–H groups in total. The van der Waals surface area contributed by atoms with E-state index >= 15 is 0 Å². The van der Waals surface area contributed by atoms with Crippen LogP contribution in [0.5, 0.6) is 5.75 Å². The largest absolute Gasteiger partial charge is 0.507 e. The molecule has 0 spiro atoms. The number of aliphatic hydroxyl groups is 1. The SMILES string of the molecule is Cc1cccc(COc2ccc(C(O)=C3C(=O)C(=O)N(c4nnc(SCc5ccccc5Cl)s4)C3c3ccco3)cc2)c1. The number of ether oxygens (including phenoxy) is 1. The van der Waals surface area contributed by atoms with Crippen molar-refractivity contribution >= 4 is 57.3 Å². The summed E-state index contributed by atoms with van der Waals surface area (Å²) in [5.74, 6) is -0.556. The molecule has 1 amide bonds. The van der Waals surface area contributed by atoms with Crippen LogP contribution in [-0.2, 0) is 21.9 Å². The van der Waals surface area contributed by atoms with Crippen molar-refractivity contribution in [1.82, 2.24) is 10.2 Å². The Kier molecular flexibility index (Phi) is 8.33. The molecular formula is C32H24ClN3O5S2. The molecule has 1 unspecified atom stereocenters. The number of furan rings is 1. The Hall–Kier alpha value is -4.38. The number of ketones is 1. The fourth-order valence-electron chi connectivity index (χ4n) is 4.69. The van der Waals surface area contributed by atoms with Gasteiger partial charge < -0.3 is 14.3 Å². The lowest BCUT2D eigenvalue weighted by Gasteiger charge is -2.20. The van der Waals surface area contributed by atoms with E-state index in [-0.39, 0.29) is 16.5 Å². The van der Waals surface area contributed by atoms with E-state index < -0.39 is 17.7 Å². The molecule has 1 saturated heterocycles. The second-order valence-electron chi connectivity index (χ2n) is 9.72. The Morgan fingerprint density at radius 2 is 1.86 bits per heavy atom. The first kappa shape index (κ1) is 28.7. The van der Waals surface area contributed by atoms with Crippen molar-refractivity contribution in [2.45, 2.75) is 29.7 Å². The summed E-state index contributed by atoms with van der Waals surface area (Å²) in [4.78, 5) is 28.0. The highest BCUT2D eigenvalue weighted by molar-refractivity contribution is 8.00. The highest BCUT2D eigenvalue weighted by atomic mass is 35.5. The number of rotatable bonds is 9. The fourth-order valence-corrected chi connectivity index (χ4v) is 6.85. The van der Waals surface area contributed by atoms with E-state index in [0.29, 0.717) is 38.8 Å². The molecule has 2 aromatic heterocycles. The maximum atomic E-state index is 13.4. The van der Waals surface area contributed by atoms with E-state index in [1.807, 2.05) is 55.5 Å². The third kappa shape index (κ3) is 6.08. The van der Waals surface area contributed by atoms with E-state index in [4.69, 9.17) is 20.8 Å². The van der Waals surface area contributed by atoms with Crippen LogP contribution in [-0.4, -0.2) is 27.0 Å². The van der Waals surface area contributed by atoms with Gasteiger partial charge in [-0.1, -0.05) is 82.7 Å². The number of aryl methyl sites for hydroxylation is 1. The Morgan fingerprint density at radius 3 is 2.60 bits per heavy atom. The van der Waals surface area contributed by atoms with Crippen molar-refractivity contribution in [2.75, 3.05) is 4.90 Å². The Balaban J connectivity index is 1.26. The number of benzene rings is 3. The molecule has 3 aromatic carbocycles. The van der Waals surface area contributed by atoms with Gasteiger partial charge in [0.15, 0.2) is 4.34 Å². The van der Waals surface area contributed by atoms with Gasteiger partial charge in [0.1, 0.15) is 29.9 Å². The van der Waals surface area contributed by atoms with Crippen molar-refractivity contribution in [3.8, 4) is 5.75 Å². The number of aromatic nitrogens is 2. The average molecular weight is 630 g/mol. The number of amides is 1. The number of carbonyl (C=O) groups is 2. The summed E-state index contributed by atoms with van der Waals surface area (Å²) in [7, 11) is 0. The number of carbonyl (C=O) groups excluding carboxylic acids is 2. The van der Waals surface area contributed by atoms with Crippen molar-refractivity contribution < 1.29 is 23.8 Å². The van der Waals surface area contributed by atoms with E-state index in [9.17, 15) is 14.7 Å². The van der Waals surface area contributed by atoms with Gasteiger partial charge in [0.2, 0.25) is 5.13 Å². The molecule has 6 rings (SSSR count). The quantitative estimate of drug-likeness (QED) is 0.0584. The molecule has 1 aliphatic rings. The van der Waals surface area contributed by atoms with Crippen LogP contribution in [0.25, 0.3) is 5.76 Å². The summed E-state index contributed by atoms with van der Waals surface area (Å²) in [5, 5.41) is 20.7. The van der Waals surface area contributed by atoms with Crippen LogP contribution >= 0.6 is 34.7 Å².